The molecule has 0 fully saturated rings. The number of para-hydroxylation sites is 1. The summed E-state index contributed by atoms with van der Waals surface area (Å²) in [5, 5.41) is 0.653. The second kappa shape index (κ2) is 7.96. The molecule has 0 spiro atoms. The van der Waals surface area contributed by atoms with Crippen molar-refractivity contribution >= 4 is 17.5 Å². The predicted molar refractivity (Wildman–Crippen MR) is 71.2 cm³/mol. The van der Waals surface area contributed by atoms with Gasteiger partial charge in [-0.1, -0.05) is 30.7 Å². The Labute approximate surface area is 107 Å². The molecule has 0 bridgehead atoms. The maximum Gasteiger partial charge on any atom is 0.183 e. The fourth-order valence-electron chi connectivity index (χ4n) is 1.35. The SMILES string of the molecule is CCCC1=NCCO1.COc1ccccc1Cl. The molecule has 0 unspecified atom stereocenters. The molecule has 0 aliphatic carbocycles. The van der Waals surface area contributed by atoms with Gasteiger partial charge in [-0.15, -0.1) is 0 Å². The zero-order valence-corrected chi connectivity index (χ0v) is 11.0. The van der Waals surface area contributed by atoms with Crippen molar-refractivity contribution in [3.8, 4) is 5.75 Å². The summed E-state index contributed by atoms with van der Waals surface area (Å²) in [5.41, 5.74) is 0. The van der Waals surface area contributed by atoms with E-state index in [0.717, 1.165) is 37.6 Å². The Morgan fingerprint density at radius 3 is 2.65 bits per heavy atom. The van der Waals surface area contributed by atoms with Gasteiger partial charge in [0.1, 0.15) is 12.4 Å². The average Bonchev–Trinajstić information content (AvgIpc) is 2.84. The van der Waals surface area contributed by atoms with E-state index in [2.05, 4.69) is 11.9 Å². The van der Waals surface area contributed by atoms with Crippen LogP contribution < -0.4 is 4.74 Å². The number of hydrogen-bond donors (Lipinski definition) is 0. The van der Waals surface area contributed by atoms with Crippen molar-refractivity contribution in [2.45, 2.75) is 19.8 Å². The second-order valence-electron chi connectivity index (χ2n) is 3.51. The van der Waals surface area contributed by atoms with Gasteiger partial charge in [0.05, 0.1) is 18.7 Å². The largest absolute Gasteiger partial charge is 0.495 e. The molecule has 1 aliphatic heterocycles. The van der Waals surface area contributed by atoms with Crippen LogP contribution in [0.2, 0.25) is 5.02 Å². The molecule has 3 nitrogen and oxygen atoms in total. The van der Waals surface area contributed by atoms with Crippen LogP contribution in [0.1, 0.15) is 19.8 Å². The first-order valence-corrected chi connectivity index (χ1v) is 6.10. The molecule has 0 saturated carbocycles. The summed E-state index contributed by atoms with van der Waals surface area (Å²) in [6.45, 7) is 3.80. The Morgan fingerprint density at radius 2 is 2.18 bits per heavy atom. The maximum absolute atomic E-state index is 5.70. The predicted octanol–water partition coefficient (Wildman–Crippen LogP) is 3.56. The molecule has 0 atom stereocenters. The van der Waals surface area contributed by atoms with Crippen molar-refractivity contribution in [2.24, 2.45) is 4.99 Å². The monoisotopic (exact) mass is 255 g/mol. The fraction of sp³-hybridized carbons (Fsp3) is 0.462. The zero-order chi connectivity index (χ0) is 12.5. The molecule has 0 N–H and O–H groups in total. The molecule has 1 aliphatic rings. The van der Waals surface area contributed by atoms with E-state index in [4.69, 9.17) is 21.1 Å². The molecule has 0 amide bonds. The Hall–Kier alpha value is -1.22. The molecule has 1 aromatic rings. The van der Waals surface area contributed by atoms with Crippen LogP contribution in [0.25, 0.3) is 0 Å². The van der Waals surface area contributed by atoms with Crippen LogP contribution in [-0.2, 0) is 4.74 Å². The summed E-state index contributed by atoms with van der Waals surface area (Å²) in [4.78, 5) is 4.12. The Morgan fingerprint density at radius 1 is 1.41 bits per heavy atom. The van der Waals surface area contributed by atoms with E-state index in [9.17, 15) is 0 Å². The molecule has 0 saturated heterocycles. The van der Waals surface area contributed by atoms with Crippen molar-refractivity contribution < 1.29 is 9.47 Å². The number of halogens is 1. The molecular formula is C13H18ClNO2. The third-order valence-electron chi connectivity index (χ3n) is 2.17. The minimum atomic E-state index is 0.653. The molecule has 4 heteroatoms. The third kappa shape index (κ3) is 5.09. The lowest BCUT2D eigenvalue weighted by molar-refractivity contribution is 0.338. The van der Waals surface area contributed by atoms with Gasteiger partial charge >= 0.3 is 0 Å². The second-order valence-corrected chi connectivity index (χ2v) is 3.92. The van der Waals surface area contributed by atoms with E-state index < -0.39 is 0 Å². The van der Waals surface area contributed by atoms with Crippen LogP contribution in [-0.4, -0.2) is 26.2 Å². The zero-order valence-electron chi connectivity index (χ0n) is 10.3. The van der Waals surface area contributed by atoms with E-state index >= 15 is 0 Å². The third-order valence-corrected chi connectivity index (χ3v) is 2.48. The lowest BCUT2D eigenvalue weighted by atomic mass is 10.3. The highest BCUT2D eigenvalue weighted by Gasteiger charge is 2.03. The Bertz CT molecular complexity index is 366. The lowest BCUT2D eigenvalue weighted by Gasteiger charge is -1.98. The van der Waals surface area contributed by atoms with E-state index in [0.29, 0.717) is 5.02 Å². The highest BCUT2D eigenvalue weighted by molar-refractivity contribution is 6.32. The highest BCUT2D eigenvalue weighted by Crippen LogP contribution is 2.21. The number of rotatable bonds is 3. The lowest BCUT2D eigenvalue weighted by Crippen LogP contribution is -1.96. The van der Waals surface area contributed by atoms with E-state index in [1.165, 1.54) is 0 Å². The molecule has 1 heterocycles. The smallest absolute Gasteiger partial charge is 0.183 e. The first kappa shape index (κ1) is 13.8. The van der Waals surface area contributed by atoms with Crippen LogP contribution >= 0.6 is 11.6 Å². The van der Waals surface area contributed by atoms with Gasteiger partial charge in [-0.25, -0.2) is 0 Å². The summed E-state index contributed by atoms with van der Waals surface area (Å²) < 4.78 is 10.1. The fourth-order valence-corrected chi connectivity index (χ4v) is 1.57. The van der Waals surface area contributed by atoms with Crippen LogP contribution in [0.3, 0.4) is 0 Å². The number of ether oxygens (including phenoxy) is 2. The molecule has 0 radical (unpaired) electrons. The Balaban J connectivity index is 0.000000171. The standard InChI is InChI=1S/C7H7ClO.C6H11NO/c1-9-7-5-3-2-4-6(7)8;1-2-3-6-7-4-5-8-6/h2-5H,1H3;2-5H2,1H3. The van der Waals surface area contributed by atoms with Gasteiger partial charge in [-0.3, -0.25) is 4.99 Å². The summed E-state index contributed by atoms with van der Waals surface area (Å²) in [5.74, 6) is 1.67. The highest BCUT2D eigenvalue weighted by atomic mass is 35.5. The van der Waals surface area contributed by atoms with Crippen molar-refractivity contribution in [3.05, 3.63) is 29.3 Å². The summed E-state index contributed by atoms with van der Waals surface area (Å²) >= 11 is 5.70. The molecule has 2 rings (SSSR count). The Kier molecular flexibility index (Phi) is 6.48. The number of methoxy groups -OCH3 is 1. The molecule has 0 aromatic heterocycles. The minimum Gasteiger partial charge on any atom is -0.495 e. The number of nitrogens with zero attached hydrogens (tertiary/aromatic N) is 1. The van der Waals surface area contributed by atoms with Gasteiger partial charge in [0.15, 0.2) is 5.90 Å². The first-order chi connectivity index (χ1) is 8.27. The quantitative estimate of drug-likeness (QED) is 0.827. The van der Waals surface area contributed by atoms with Gasteiger partial charge in [0, 0.05) is 6.42 Å². The molecule has 17 heavy (non-hydrogen) atoms. The van der Waals surface area contributed by atoms with Crippen LogP contribution in [0.4, 0.5) is 0 Å². The van der Waals surface area contributed by atoms with Crippen LogP contribution in [0, 0.1) is 0 Å². The minimum absolute atomic E-state index is 0.653. The summed E-state index contributed by atoms with van der Waals surface area (Å²) in [6, 6.07) is 7.36. The van der Waals surface area contributed by atoms with Crippen molar-refractivity contribution in [1.29, 1.82) is 0 Å². The van der Waals surface area contributed by atoms with Crippen molar-refractivity contribution in [3.63, 3.8) is 0 Å². The molecule has 94 valence electrons. The van der Waals surface area contributed by atoms with E-state index in [1.807, 2.05) is 18.2 Å². The molecular weight excluding hydrogens is 238 g/mol. The van der Waals surface area contributed by atoms with Crippen molar-refractivity contribution in [1.82, 2.24) is 0 Å². The molecule has 1 aromatic carbocycles. The summed E-state index contributed by atoms with van der Waals surface area (Å²) in [7, 11) is 1.60. The van der Waals surface area contributed by atoms with Gasteiger partial charge < -0.3 is 9.47 Å². The number of aliphatic imine (C=N–C) groups is 1. The maximum atomic E-state index is 5.70. The topological polar surface area (TPSA) is 30.8 Å². The normalized spacial score (nSPS) is 13.2. The van der Waals surface area contributed by atoms with Gasteiger partial charge in [-0.05, 0) is 18.6 Å². The first-order valence-electron chi connectivity index (χ1n) is 5.72. The summed E-state index contributed by atoms with van der Waals surface area (Å²) in [6.07, 6.45) is 2.15. The number of benzene rings is 1. The van der Waals surface area contributed by atoms with Crippen LogP contribution in [0.5, 0.6) is 5.75 Å². The van der Waals surface area contributed by atoms with E-state index in [-0.39, 0.29) is 0 Å². The van der Waals surface area contributed by atoms with Gasteiger partial charge in [-0.2, -0.15) is 0 Å². The van der Waals surface area contributed by atoms with Gasteiger partial charge in [0.2, 0.25) is 0 Å². The van der Waals surface area contributed by atoms with Crippen LogP contribution in [0.15, 0.2) is 29.3 Å². The number of hydrogen-bond acceptors (Lipinski definition) is 3. The van der Waals surface area contributed by atoms with Gasteiger partial charge in [0.25, 0.3) is 0 Å². The van der Waals surface area contributed by atoms with E-state index in [1.54, 1.807) is 13.2 Å². The average molecular weight is 256 g/mol. The van der Waals surface area contributed by atoms with Crippen molar-refractivity contribution in [2.75, 3.05) is 20.3 Å².